The van der Waals surface area contributed by atoms with Gasteiger partial charge in [-0.15, -0.1) is 0 Å². The molecule has 0 spiro atoms. The lowest BCUT2D eigenvalue weighted by atomic mass is 9.55. The molecule has 42 heavy (non-hydrogen) atoms. The molecule has 8 rings (SSSR count). The van der Waals surface area contributed by atoms with E-state index < -0.39 is 34.5 Å². The second kappa shape index (κ2) is 9.79. The van der Waals surface area contributed by atoms with Gasteiger partial charge < -0.3 is 0 Å². The first-order valence-electron chi connectivity index (χ1n) is 13.3. The molecule has 1 fully saturated rings. The minimum Gasteiger partial charge on any atom is -0.272 e. The number of benzene rings is 4. The van der Waals surface area contributed by atoms with Crippen molar-refractivity contribution in [3.8, 4) is 0 Å². The number of nitrogens with zero attached hydrogens (tertiary/aromatic N) is 3. The van der Waals surface area contributed by atoms with Crippen LogP contribution in [0.2, 0.25) is 10.0 Å². The second-order valence-electron chi connectivity index (χ2n) is 10.7. The molecule has 4 aromatic carbocycles. The van der Waals surface area contributed by atoms with E-state index in [-0.39, 0.29) is 34.7 Å². The number of non-ortho nitro benzene ring substituents is 1. The Morgan fingerprint density at radius 1 is 0.762 bits per heavy atom. The van der Waals surface area contributed by atoms with E-state index in [0.717, 1.165) is 32.3 Å². The number of amides is 3. The maximum absolute atomic E-state index is 14.4. The van der Waals surface area contributed by atoms with Crippen molar-refractivity contribution < 1.29 is 19.3 Å². The average Bonchev–Trinajstić information content (AvgIpc) is 3.27. The third-order valence-corrected chi connectivity index (χ3v) is 9.28. The third kappa shape index (κ3) is 3.86. The molecule has 1 heterocycles. The largest absolute Gasteiger partial charge is 0.273 e. The number of nitro benzene ring substituents is 1. The minimum absolute atomic E-state index is 0.0886. The van der Waals surface area contributed by atoms with E-state index in [4.69, 9.17) is 23.2 Å². The van der Waals surface area contributed by atoms with Gasteiger partial charge in [0.05, 0.1) is 33.3 Å². The van der Waals surface area contributed by atoms with E-state index in [2.05, 4.69) is 0 Å². The number of imide groups is 1. The fourth-order valence-electron chi connectivity index (χ4n) is 6.82. The molecule has 2 bridgehead atoms. The van der Waals surface area contributed by atoms with Crippen LogP contribution in [0.5, 0.6) is 0 Å². The predicted molar refractivity (Wildman–Crippen MR) is 155 cm³/mol. The summed E-state index contributed by atoms with van der Waals surface area (Å²) in [6, 6.07) is 25.7. The standard InChI is InChI=1S/C32H21Cl2N3O5/c33-24-14-9-17(15-25(24)34)16-35(30(38)18-10-12-19(13-11-18)37(41)42)36-31(39)28-26-20-5-1-2-6-21(20)27(29(28)32(36)40)23-8-4-3-7-22(23)26/h1-15,26-29H,16H2/t26?,27?,28-,29-/m1/s1. The summed E-state index contributed by atoms with van der Waals surface area (Å²) in [6.45, 7) is -0.154. The molecule has 0 aromatic heterocycles. The monoisotopic (exact) mass is 597 g/mol. The quantitative estimate of drug-likeness (QED) is 0.151. The fourth-order valence-corrected chi connectivity index (χ4v) is 7.14. The number of halogens is 2. The van der Waals surface area contributed by atoms with Gasteiger partial charge in [0.2, 0.25) is 0 Å². The van der Waals surface area contributed by atoms with Gasteiger partial charge in [-0.1, -0.05) is 77.8 Å². The number of rotatable bonds is 5. The molecule has 0 radical (unpaired) electrons. The zero-order valence-corrected chi connectivity index (χ0v) is 23.3. The summed E-state index contributed by atoms with van der Waals surface area (Å²) in [4.78, 5) is 53.4. The highest BCUT2D eigenvalue weighted by Gasteiger charge is 2.63. The van der Waals surface area contributed by atoms with E-state index >= 15 is 0 Å². The molecule has 10 heteroatoms. The van der Waals surface area contributed by atoms with E-state index in [1.165, 1.54) is 24.3 Å². The van der Waals surface area contributed by atoms with Gasteiger partial charge in [-0.05, 0) is 52.1 Å². The van der Waals surface area contributed by atoms with E-state index in [1.54, 1.807) is 18.2 Å². The van der Waals surface area contributed by atoms with Gasteiger partial charge in [-0.2, -0.15) is 5.01 Å². The Bertz CT molecular complexity index is 1710. The topological polar surface area (TPSA) is 101 Å². The highest BCUT2D eigenvalue weighted by molar-refractivity contribution is 6.42. The summed E-state index contributed by atoms with van der Waals surface area (Å²) in [5, 5.41) is 13.9. The molecule has 3 aliphatic carbocycles. The van der Waals surface area contributed by atoms with Crippen molar-refractivity contribution in [2.45, 2.75) is 18.4 Å². The number of nitro groups is 1. The van der Waals surface area contributed by atoms with E-state index in [1.807, 2.05) is 48.5 Å². The zero-order chi connectivity index (χ0) is 29.3. The first-order chi connectivity index (χ1) is 20.3. The second-order valence-corrected chi connectivity index (χ2v) is 11.5. The Hall–Kier alpha value is -4.53. The van der Waals surface area contributed by atoms with Crippen molar-refractivity contribution in [3.05, 3.63) is 145 Å². The van der Waals surface area contributed by atoms with Crippen molar-refractivity contribution in [1.29, 1.82) is 0 Å². The molecule has 2 atom stereocenters. The molecule has 1 aliphatic heterocycles. The van der Waals surface area contributed by atoms with Crippen molar-refractivity contribution in [1.82, 2.24) is 10.0 Å². The van der Waals surface area contributed by atoms with Crippen LogP contribution in [0.15, 0.2) is 91.0 Å². The summed E-state index contributed by atoms with van der Waals surface area (Å²) in [5.41, 5.74) is 4.52. The molecule has 0 saturated carbocycles. The normalized spacial score (nSPS) is 21.5. The zero-order valence-electron chi connectivity index (χ0n) is 21.8. The van der Waals surface area contributed by atoms with E-state index in [0.29, 0.717) is 10.6 Å². The molecule has 4 aromatic rings. The van der Waals surface area contributed by atoms with E-state index in [9.17, 15) is 24.5 Å². The summed E-state index contributed by atoms with van der Waals surface area (Å²) in [5.74, 6) is -3.62. The number of hydrogen-bond donors (Lipinski definition) is 0. The van der Waals surface area contributed by atoms with Gasteiger partial charge in [-0.25, -0.2) is 5.01 Å². The molecule has 8 nitrogen and oxygen atoms in total. The molecular formula is C32H21Cl2N3O5. The van der Waals surface area contributed by atoms with Crippen molar-refractivity contribution in [2.24, 2.45) is 11.8 Å². The lowest BCUT2D eigenvalue weighted by Crippen LogP contribution is -2.50. The highest BCUT2D eigenvalue weighted by atomic mass is 35.5. The Balaban J connectivity index is 1.34. The number of hydrazine groups is 1. The van der Waals surface area contributed by atoms with Crippen LogP contribution in [0.4, 0.5) is 5.69 Å². The van der Waals surface area contributed by atoms with Gasteiger partial charge in [-0.3, -0.25) is 24.5 Å². The summed E-state index contributed by atoms with van der Waals surface area (Å²) in [6.07, 6.45) is 0. The lowest BCUT2D eigenvalue weighted by molar-refractivity contribution is -0.384. The maximum Gasteiger partial charge on any atom is 0.273 e. The van der Waals surface area contributed by atoms with Crippen molar-refractivity contribution in [3.63, 3.8) is 0 Å². The molecule has 1 saturated heterocycles. The fraction of sp³-hybridized carbons (Fsp3) is 0.156. The van der Waals surface area contributed by atoms with Gasteiger partial charge in [0.25, 0.3) is 23.4 Å². The molecule has 3 amide bonds. The minimum atomic E-state index is -0.687. The Morgan fingerprint density at radius 3 is 1.71 bits per heavy atom. The van der Waals surface area contributed by atoms with Crippen LogP contribution in [0, 0.1) is 22.0 Å². The summed E-state index contributed by atoms with van der Waals surface area (Å²) in [7, 11) is 0. The third-order valence-electron chi connectivity index (χ3n) is 8.54. The Morgan fingerprint density at radius 2 is 1.26 bits per heavy atom. The SMILES string of the molecule is O=C(c1ccc([N+](=O)[O-])cc1)N(Cc1ccc(Cl)c(Cl)c1)N1C(=O)[C@@H]2C3c4ccccc4C(c4ccccc43)[C@H]2C1=O. The molecular weight excluding hydrogens is 577 g/mol. The molecule has 0 N–H and O–H groups in total. The molecule has 4 aliphatic rings. The average molecular weight is 598 g/mol. The number of hydrogen-bond acceptors (Lipinski definition) is 5. The highest BCUT2D eigenvalue weighted by Crippen LogP contribution is 2.61. The van der Waals surface area contributed by atoms with Crippen LogP contribution < -0.4 is 0 Å². The van der Waals surface area contributed by atoms with Crippen LogP contribution in [-0.4, -0.2) is 32.7 Å². The molecule has 208 valence electrons. The Labute approximate surface area is 250 Å². The van der Waals surface area contributed by atoms with Gasteiger partial charge in [0.1, 0.15) is 0 Å². The van der Waals surface area contributed by atoms with Crippen molar-refractivity contribution in [2.75, 3.05) is 0 Å². The molecule has 0 unspecified atom stereocenters. The van der Waals surface area contributed by atoms with Gasteiger partial charge >= 0.3 is 0 Å². The first-order valence-corrected chi connectivity index (χ1v) is 14.1. The summed E-state index contributed by atoms with van der Waals surface area (Å²) < 4.78 is 0. The van der Waals surface area contributed by atoms with Crippen LogP contribution in [0.25, 0.3) is 0 Å². The predicted octanol–water partition coefficient (Wildman–Crippen LogP) is 6.35. The smallest absolute Gasteiger partial charge is 0.272 e. The number of carbonyl (C=O) groups is 3. The van der Waals surface area contributed by atoms with Crippen LogP contribution in [0.1, 0.15) is 50.0 Å². The van der Waals surface area contributed by atoms with Crippen LogP contribution in [0.3, 0.4) is 0 Å². The Kier molecular flexibility index (Phi) is 6.15. The maximum atomic E-state index is 14.4. The van der Waals surface area contributed by atoms with Crippen LogP contribution >= 0.6 is 23.2 Å². The van der Waals surface area contributed by atoms with Crippen molar-refractivity contribution >= 4 is 46.6 Å². The first kappa shape index (κ1) is 26.4. The van der Waals surface area contributed by atoms with Gasteiger partial charge in [0, 0.05) is 29.5 Å². The summed E-state index contributed by atoms with van der Waals surface area (Å²) >= 11 is 12.4. The van der Waals surface area contributed by atoms with Gasteiger partial charge in [0.15, 0.2) is 0 Å². The number of carbonyl (C=O) groups excluding carboxylic acids is 3. The van der Waals surface area contributed by atoms with Crippen LogP contribution in [-0.2, 0) is 16.1 Å². The lowest BCUT2D eigenvalue weighted by Gasteiger charge is -2.45.